The molecule has 106 valence electrons. The van der Waals surface area contributed by atoms with Crippen LogP contribution >= 0.6 is 11.3 Å². The molecule has 20 heavy (non-hydrogen) atoms. The van der Waals surface area contributed by atoms with Crippen LogP contribution in [0.2, 0.25) is 0 Å². The third-order valence-corrected chi connectivity index (χ3v) is 3.51. The van der Waals surface area contributed by atoms with E-state index in [9.17, 15) is 4.79 Å². The van der Waals surface area contributed by atoms with Gasteiger partial charge in [-0.1, -0.05) is 0 Å². The number of aryl methyl sites for hydroxylation is 1. The predicted octanol–water partition coefficient (Wildman–Crippen LogP) is 2.82. The van der Waals surface area contributed by atoms with Crippen LogP contribution in [0.1, 0.15) is 28.0 Å². The van der Waals surface area contributed by atoms with Gasteiger partial charge in [0.25, 0.3) is 0 Å². The number of carbonyl (C=O) groups is 1. The van der Waals surface area contributed by atoms with Gasteiger partial charge in [-0.05, 0) is 32.0 Å². The Hall–Kier alpha value is -2.08. The fraction of sp³-hybridized carbons (Fsp3) is 0.286. The largest absolute Gasteiger partial charge is 0.462 e. The molecular formula is C14H17N3O2S. The Labute approximate surface area is 121 Å². The minimum atomic E-state index is -0.404. The number of nitrogen functional groups attached to an aromatic ring is 1. The number of esters is 1. The summed E-state index contributed by atoms with van der Waals surface area (Å²) in [5, 5.41) is 6.26. The van der Waals surface area contributed by atoms with E-state index in [0.29, 0.717) is 24.4 Å². The fourth-order valence-electron chi connectivity index (χ4n) is 1.73. The van der Waals surface area contributed by atoms with Crippen molar-refractivity contribution in [1.82, 2.24) is 4.98 Å². The topological polar surface area (TPSA) is 77.2 Å². The maximum absolute atomic E-state index is 11.8. The van der Waals surface area contributed by atoms with Gasteiger partial charge in [0, 0.05) is 16.8 Å². The van der Waals surface area contributed by atoms with Crippen LogP contribution in [0.25, 0.3) is 0 Å². The molecule has 0 radical (unpaired) electrons. The normalized spacial score (nSPS) is 10.3. The molecule has 3 N–H and O–H groups in total. The number of anilines is 2. The molecule has 0 aliphatic carbocycles. The Kier molecular flexibility index (Phi) is 4.57. The van der Waals surface area contributed by atoms with Gasteiger partial charge in [-0.15, -0.1) is 11.3 Å². The summed E-state index contributed by atoms with van der Waals surface area (Å²) < 4.78 is 4.97. The van der Waals surface area contributed by atoms with E-state index in [4.69, 9.17) is 10.5 Å². The van der Waals surface area contributed by atoms with Crippen LogP contribution in [0.5, 0.6) is 0 Å². The molecule has 1 heterocycles. The molecule has 0 amide bonds. The summed E-state index contributed by atoms with van der Waals surface area (Å²) in [5.41, 5.74) is 8.38. The quantitative estimate of drug-likeness (QED) is 0.654. The average molecular weight is 291 g/mol. The van der Waals surface area contributed by atoms with Crippen molar-refractivity contribution in [1.29, 1.82) is 0 Å². The number of nitrogens with two attached hydrogens (primary N) is 1. The Morgan fingerprint density at radius 2 is 2.30 bits per heavy atom. The summed E-state index contributed by atoms with van der Waals surface area (Å²) >= 11 is 1.61. The molecule has 0 aliphatic rings. The summed E-state index contributed by atoms with van der Waals surface area (Å²) in [7, 11) is 0. The van der Waals surface area contributed by atoms with E-state index >= 15 is 0 Å². The third kappa shape index (κ3) is 3.48. The standard InChI is InChI=1S/C14H17N3O2S/c1-3-19-14(18)12-6-10(4-5-13(12)15)16-7-11-8-20-9(2)17-11/h4-6,8,16H,3,7,15H2,1-2H3. The van der Waals surface area contributed by atoms with Gasteiger partial charge in [0.15, 0.2) is 0 Å². The van der Waals surface area contributed by atoms with E-state index in [1.807, 2.05) is 18.4 Å². The van der Waals surface area contributed by atoms with E-state index in [1.54, 1.807) is 30.4 Å². The van der Waals surface area contributed by atoms with Gasteiger partial charge in [0.05, 0.1) is 29.4 Å². The Bertz CT molecular complexity index is 610. The van der Waals surface area contributed by atoms with Gasteiger partial charge >= 0.3 is 5.97 Å². The van der Waals surface area contributed by atoms with Gasteiger partial charge in [-0.25, -0.2) is 9.78 Å². The Balaban J connectivity index is 2.08. The molecule has 0 aliphatic heterocycles. The molecule has 0 saturated carbocycles. The molecule has 0 fully saturated rings. The fourth-order valence-corrected chi connectivity index (χ4v) is 2.35. The van der Waals surface area contributed by atoms with E-state index in [0.717, 1.165) is 16.4 Å². The van der Waals surface area contributed by atoms with E-state index < -0.39 is 5.97 Å². The van der Waals surface area contributed by atoms with E-state index in [-0.39, 0.29) is 0 Å². The molecule has 0 unspecified atom stereocenters. The first-order chi connectivity index (χ1) is 9.60. The summed E-state index contributed by atoms with van der Waals surface area (Å²) in [4.78, 5) is 16.1. The second-order valence-corrected chi connectivity index (χ2v) is 5.30. The zero-order chi connectivity index (χ0) is 14.5. The molecular weight excluding hydrogens is 274 g/mol. The number of benzene rings is 1. The van der Waals surface area contributed by atoms with Crippen molar-refractivity contribution in [3.8, 4) is 0 Å². The lowest BCUT2D eigenvalue weighted by Crippen LogP contribution is -2.09. The number of nitrogens with one attached hydrogen (secondary N) is 1. The van der Waals surface area contributed by atoms with Gasteiger partial charge < -0.3 is 15.8 Å². The Morgan fingerprint density at radius 3 is 2.95 bits per heavy atom. The third-order valence-electron chi connectivity index (χ3n) is 2.69. The van der Waals surface area contributed by atoms with Crippen molar-refractivity contribution in [2.75, 3.05) is 17.7 Å². The first-order valence-corrected chi connectivity index (χ1v) is 7.19. The number of ether oxygens (including phenoxy) is 1. The van der Waals surface area contributed by atoms with Gasteiger partial charge in [0.2, 0.25) is 0 Å². The van der Waals surface area contributed by atoms with Crippen LogP contribution in [0, 0.1) is 6.92 Å². The molecule has 0 saturated heterocycles. The molecule has 5 nitrogen and oxygen atoms in total. The molecule has 2 aromatic rings. The second-order valence-electron chi connectivity index (χ2n) is 4.23. The molecule has 2 rings (SSSR count). The highest BCUT2D eigenvalue weighted by Crippen LogP contribution is 2.20. The lowest BCUT2D eigenvalue weighted by molar-refractivity contribution is 0.0527. The lowest BCUT2D eigenvalue weighted by atomic mass is 10.1. The molecule has 0 spiro atoms. The van der Waals surface area contributed by atoms with Gasteiger partial charge in [-0.3, -0.25) is 0 Å². The van der Waals surface area contributed by atoms with Crippen LogP contribution in [-0.2, 0) is 11.3 Å². The first-order valence-electron chi connectivity index (χ1n) is 6.31. The predicted molar refractivity (Wildman–Crippen MR) is 81.0 cm³/mol. The highest BCUT2D eigenvalue weighted by molar-refractivity contribution is 7.09. The summed E-state index contributed by atoms with van der Waals surface area (Å²) in [6.07, 6.45) is 0. The average Bonchev–Trinajstić information content (AvgIpc) is 2.84. The van der Waals surface area contributed by atoms with Crippen LogP contribution in [0.15, 0.2) is 23.6 Å². The monoisotopic (exact) mass is 291 g/mol. The maximum atomic E-state index is 11.8. The highest BCUT2D eigenvalue weighted by Gasteiger charge is 2.11. The van der Waals surface area contributed by atoms with Crippen LogP contribution in [0.3, 0.4) is 0 Å². The van der Waals surface area contributed by atoms with E-state index in [1.165, 1.54) is 0 Å². The number of carbonyl (C=O) groups excluding carboxylic acids is 1. The van der Waals surface area contributed by atoms with Crippen LogP contribution in [0.4, 0.5) is 11.4 Å². The Morgan fingerprint density at radius 1 is 1.50 bits per heavy atom. The minimum Gasteiger partial charge on any atom is -0.462 e. The van der Waals surface area contributed by atoms with E-state index in [2.05, 4.69) is 10.3 Å². The molecule has 6 heteroatoms. The zero-order valence-corrected chi connectivity index (χ0v) is 12.3. The molecule has 1 aromatic carbocycles. The second kappa shape index (κ2) is 6.38. The van der Waals surface area contributed by atoms with Crippen molar-refractivity contribution >= 4 is 28.7 Å². The molecule has 0 atom stereocenters. The smallest absolute Gasteiger partial charge is 0.340 e. The minimum absolute atomic E-state index is 0.327. The molecule has 1 aromatic heterocycles. The van der Waals surface area contributed by atoms with Crippen molar-refractivity contribution in [2.45, 2.75) is 20.4 Å². The van der Waals surface area contributed by atoms with Crippen molar-refractivity contribution in [3.63, 3.8) is 0 Å². The number of hydrogen-bond donors (Lipinski definition) is 2. The maximum Gasteiger partial charge on any atom is 0.340 e. The van der Waals surface area contributed by atoms with Gasteiger partial charge in [-0.2, -0.15) is 0 Å². The lowest BCUT2D eigenvalue weighted by Gasteiger charge is -2.09. The first kappa shape index (κ1) is 14.3. The van der Waals surface area contributed by atoms with Gasteiger partial charge in [0.1, 0.15) is 0 Å². The number of nitrogens with zero attached hydrogens (tertiary/aromatic N) is 1. The van der Waals surface area contributed by atoms with Crippen LogP contribution in [-0.4, -0.2) is 17.6 Å². The van der Waals surface area contributed by atoms with Crippen molar-refractivity contribution < 1.29 is 9.53 Å². The number of aromatic nitrogens is 1. The number of thiazole rings is 1. The zero-order valence-electron chi connectivity index (χ0n) is 11.5. The summed E-state index contributed by atoms with van der Waals surface area (Å²) in [5.74, 6) is -0.404. The number of hydrogen-bond acceptors (Lipinski definition) is 6. The highest BCUT2D eigenvalue weighted by atomic mass is 32.1. The van der Waals surface area contributed by atoms with Crippen molar-refractivity contribution in [3.05, 3.63) is 39.8 Å². The summed E-state index contributed by atoms with van der Waals surface area (Å²) in [6, 6.07) is 5.23. The van der Waals surface area contributed by atoms with Crippen LogP contribution < -0.4 is 11.1 Å². The number of rotatable bonds is 5. The summed E-state index contributed by atoms with van der Waals surface area (Å²) in [6.45, 7) is 4.67. The SMILES string of the molecule is CCOC(=O)c1cc(NCc2csc(C)n2)ccc1N. The molecule has 0 bridgehead atoms. The van der Waals surface area contributed by atoms with Crippen molar-refractivity contribution in [2.24, 2.45) is 0 Å².